The summed E-state index contributed by atoms with van der Waals surface area (Å²) >= 11 is 1.43. The minimum absolute atomic E-state index is 0.0174. The zero-order chi connectivity index (χ0) is 31.2. The third-order valence-corrected chi connectivity index (χ3v) is 8.23. The maximum Gasteiger partial charge on any atom is 0.272 e. The number of hydrogen-bond acceptors (Lipinski definition) is 5. The van der Waals surface area contributed by atoms with Gasteiger partial charge in [0.2, 0.25) is 5.91 Å². The van der Waals surface area contributed by atoms with Crippen LogP contribution in [0.5, 0.6) is 5.75 Å². The van der Waals surface area contributed by atoms with E-state index in [4.69, 9.17) is 4.74 Å². The van der Waals surface area contributed by atoms with Crippen LogP contribution in [0, 0.1) is 0 Å². The van der Waals surface area contributed by atoms with Crippen molar-refractivity contribution >= 4 is 63.1 Å². The number of ether oxygens (including phenoxy) is 1. The number of fused-ring (bicyclic) bond motifs is 3. The van der Waals surface area contributed by atoms with Gasteiger partial charge in [0.1, 0.15) is 11.4 Å². The number of methoxy groups -OCH3 is 1. The molecule has 0 saturated heterocycles. The van der Waals surface area contributed by atoms with E-state index in [1.54, 1.807) is 66.3 Å². The molecule has 0 aliphatic carbocycles. The Bertz CT molecular complexity index is 2000. The highest BCUT2D eigenvalue weighted by Gasteiger charge is 2.17. The van der Waals surface area contributed by atoms with Crippen LogP contribution in [0.25, 0.3) is 27.9 Å². The lowest BCUT2D eigenvalue weighted by Gasteiger charge is -2.12. The minimum atomic E-state index is -0.482. The third-order valence-electron chi connectivity index (χ3n) is 7.24. The van der Waals surface area contributed by atoms with Crippen LogP contribution in [0.15, 0.2) is 138 Å². The van der Waals surface area contributed by atoms with E-state index < -0.39 is 11.8 Å². The van der Waals surface area contributed by atoms with E-state index in [1.165, 1.54) is 11.8 Å². The molecule has 5 aromatic carbocycles. The summed E-state index contributed by atoms with van der Waals surface area (Å²) in [6, 6.07) is 39.0. The summed E-state index contributed by atoms with van der Waals surface area (Å²) in [5.74, 6) is -0.0321. The molecule has 2 amide bonds. The van der Waals surface area contributed by atoms with Gasteiger partial charge in [0, 0.05) is 26.9 Å². The van der Waals surface area contributed by atoms with E-state index in [2.05, 4.69) is 10.6 Å². The van der Waals surface area contributed by atoms with Crippen molar-refractivity contribution in [2.24, 2.45) is 0 Å². The first-order valence-electron chi connectivity index (χ1n) is 14.3. The Balaban J connectivity index is 1.16. The standard InChI is InChI=1S/C37H29N3O4S/c1-44-28-13-9-10-25(22-28)23-32(39-36(42)26-11-3-2-4-12-26)37(43)38-27-18-20-29(21-19-27)45-24-35(41)40-33-16-7-5-14-30(33)31-15-6-8-17-34(31)40/h2-23H,24H2,1H3,(H,38,43)(H,39,42)/b32-23-. The Morgan fingerprint density at radius 2 is 1.40 bits per heavy atom. The Morgan fingerprint density at radius 3 is 2.07 bits per heavy atom. The van der Waals surface area contributed by atoms with Gasteiger partial charge in [-0.05, 0) is 72.3 Å². The second-order valence-electron chi connectivity index (χ2n) is 10.2. The Morgan fingerprint density at radius 1 is 0.756 bits per heavy atom. The predicted molar refractivity (Wildman–Crippen MR) is 181 cm³/mol. The number of carbonyl (C=O) groups is 3. The highest BCUT2D eigenvalue weighted by atomic mass is 32.2. The Kier molecular flexibility index (Phi) is 8.75. The first-order chi connectivity index (χ1) is 22.0. The third kappa shape index (κ3) is 6.66. The first-order valence-corrected chi connectivity index (χ1v) is 15.3. The van der Waals surface area contributed by atoms with Gasteiger partial charge >= 0.3 is 0 Å². The van der Waals surface area contributed by atoms with Gasteiger partial charge in [0.25, 0.3) is 11.8 Å². The molecule has 0 radical (unpaired) electrons. The van der Waals surface area contributed by atoms with Crippen LogP contribution in [-0.2, 0) is 4.79 Å². The van der Waals surface area contributed by atoms with E-state index in [-0.39, 0.29) is 17.4 Å². The lowest BCUT2D eigenvalue weighted by Crippen LogP contribution is -2.30. The number of nitrogens with zero attached hydrogens (tertiary/aromatic N) is 1. The summed E-state index contributed by atoms with van der Waals surface area (Å²) in [6.07, 6.45) is 1.60. The molecule has 0 aliphatic rings. The van der Waals surface area contributed by atoms with Gasteiger partial charge < -0.3 is 15.4 Å². The van der Waals surface area contributed by atoms with E-state index >= 15 is 0 Å². The lowest BCUT2D eigenvalue weighted by atomic mass is 10.1. The quantitative estimate of drug-likeness (QED) is 0.130. The van der Waals surface area contributed by atoms with Gasteiger partial charge in [-0.25, -0.2) is 0 Å². The summed E-state index contributed by atoms with van der Waals surface area (Å²) in [5, 5.41) is 7.71. The minimum Gasteiger partial charge on any atom is -0.497 e. The monoisotopic (exact) mass is 611 g/mol. The molecule has 0 atom stereocenters. The number of benzene rings is 5. The van der Waals surface area contributed by atoms with Crippen LogP contribution in [0.4, 0.5) is 5.69 Å². The average molecular weight is 612 g/mol. The highest BCUT2D eigenvalue weighted by Crippen LogP contribution is 2.30. The van der Waals surface area contributed by atoms with E-state index in [0.29, 0.717) is 22.6 Å². The zero-order valence-electron chi connectivity index (χ0n) is 24.4. The second-order valence-corrected chi connectivity index (χ2v) is 11.2. The molecule has 0 aliphatic heterocycles. The molecule has 6 aromatic rings. The smallest absolute Gasteiger partial charge is 0.272 e. The van der Waals surface area contributed by atoms with Crippen LogP contribution in [0.1, 0.15) is 20.7 Å². The molecule has 222 valence electrons. The molecule has 1 heterocycles. The largest absolute Gasteiger partial charge is 0.497 e. The molecule has 0 spiro atoms. The van der Waals surface area contributed by atoms with E-state index in [9.17, 15) is 14.4 Å². The number of rotatable bonds is 9. The molecule has 45 heavy (non-hydrogen) atoms. The van der Waals surface area contributed by atoms with Crippen molar-refractivity contribution in [2.75, 3.05) is 18.2 Å². The summed E-state index contributed by atoms with van der Waals surface area (Å²) in [5.41, 5.74) is 3.51. The van der Waals surface area contributed by atoms with Crippen molar-refractivity contribution in [3.8, 4) is 5.75 Å². The number of nitrogens with one attached hydrogen (secondary N) is 2. The fraction of sp³-hybridized carbons (Fsp3) is 0.0541. The summed E-state index contributed by atoms with van der Waals surface area (Å²) in [7, 11) is 1.57. The SMILES string of the molecule is COc1cccc(/C=C(\NC(=O)c2ccccc2)C(=O)Nc2ccc(SCC(=O)n3c4ccccc4c4ccccc43)cc2)c1. The van der Waals surface area contributed by atoms with Gasteiger partial charge in [-0.1, -0.05) is 66.7 Å². The second kappa shape index (κ2) is 13.4. The topological polar surface area (TPSA) is 89.4 Å². The molecule has 8 heteroatoms. The number of hydrogen-bond donors (Lipinski definition) is 2. The van der Waals surface area contributed by atoms with Crippen molar-refractivity contribution in [3.63, 3.8) is 0 Å². The number of para-hydroxylation sites is 2. The normalized spacial score (nSPS) is 11.4. The number of aromatic nitrogens is 1. The van der Waals surface area contributed by atoms with Crippen molar-refractivity contribution in [1.29, 1.82) is 0 Å². The molecule has 0 saturated carbocycles. The molecular weight excluding hydrogens is 582 g/mol. The number of thioether (sulfide) groups is 1. The summed E-state index contributed by atoms with van der Waals surface area (Å²) < 4.78 is 7.09. The van der Waals surface area contributed by atoms with Crippen molar-refractivity contribution < 1.29 is 19.1 Å². The van der Waals surface area contributed by atoms with Gasteiger partial charge in [0.15, 0.2) is 0 Å². The van der Waals surface area contributed by atoms with Crippen LogP contribution in [0.2, 0.25) is 0 Å². The molecular formula is C37H29N3O4S. The van der Waals surface area contributed by atoms with Crippen LogP contribution >= 0.6 is 11.8 Å². The van der Waals surface area contributed by atoms with Crippen LogP contribution < -0.4 is 15.4 Å². The number of carbonyl (C=O) groups excluding carboxylic acids is 3. The zero-order valence-corrected chi connectivity index (χ0v) is 25.2. The molecule has 0 bridgehead atoms. The van der Waals surface area contributed by atoms with Crippen LogP contribution in [0.3, 0.4) is 0 Å². The van der Waals surface area contributed by atoms with Gasteiger partial charge in [-0.15, -0.1) is 11.8 Å². The molecule has 2 N–H and O–H groups in total. The van der Waals surface area contributed by atoms with Crippen molar-refractivity contribution in [3.05, 3.63) is 144 Å². The summed E-state index contributed by atoms with van der Waals surface area (Å²) in [6.45, 7) is 0. The number of anilines is 1. The fourth-order valence-electron chi connectivity index (χ4n) is 5.07. The molecule has 0 fully saturated rings. The first kappa shape index (κ1) is 29.5. The highest BCUT2D eigenvalue weighted by molar-refractivity contribution is 8.00. The van der Waals surface area contributed by atoms with Crippen molar-refractivity contribution in [1.82, 2.24) is 9.88 Å². The fourth-order valence-corrected chi connectivity index (χ4v) is 5.82. The molecule has 6 rings (SSSR count). The number of amides is 2. The lowest BCUT2D eigenvalue weighted by molar-refractivity contribution is -0.113. The molecule has 1 aromatic heterocycles. The Hall–Kier alpha value is -5.60. The van der Waals surface area contributed by atoms with Gasteiger partial charge in [-0.2, -0.15) is 0 Å². The molecule has 0 unspecified atom stereocenters. The summed E-state index contributed by atoms with van der Waals surface area (Å²) in [4.78, 5) is 40.6. The van der Waals surface area contributed by atoms with E-state index in [1.807, 2.05) is 78.9 Å². The average Bonchev–Trinajstić information content (AvgIpc) is 3.42. The predicted octanol–water partition coefficient (Wildman–Crippen LogP) is 7.65. The molecule has 7 nitrogen and oxygen atoms in total. The van der Waals surface area contributed by atoms with Gasteiger partial charge in [-0.3, -0.25) is 19.0 Å². The van der Waals surface area contributed by atoms with Gasteiger partial charge in [0.05, 0.1) is 23.9 Å². The maximum absolute atomic E-state index is 13.4. The maximum atomic E-state index is 13.4. The van der Waals surface area contributed by atoms with Crippen molar-refractivity contribution in [2.45, 2.75) is 4.90 Å². The Labute approximate surface area is 264 Å². The van der Waals surface area contributed by atoms with Crippen LogP contribution in [-0.4, -0.2) is 35.2 Å². The van der Waals surface area contributed by atoms with E-state index in [0.717, 1.165) is 26.7 Å².